The number of sulfonamides is 1. The number of rotatable bonds is 11. The molecule has 1 atom stereocenters. The number of hydrogen-bond acceptors (Lipinski definition) is 4. The molecule has 3 aromatic rings. The molecule has 0 aliphatic heterocycles. The van der Waals surface area contributed by atoms with E-state index in [0.29, 0.717) is 28.6 Å². The molecule has 1 N–H and O–H groups in total. The number of nitrogens with one attached hydrogen (secondary N) is 1. The third-order valence-electron chi connectivity index (χ3n) is 6.06. The first-order valence-electron chi connectivity index (χ1n) is 12.3. The number of aryl methyl sites for hydroxylation is 1. The highest BCUT2D eigenvalue weighted by atomic mass is 35.5. The van der Waals surface area contributed by atoms with Crippen molar-refractivity contribution in [1.29, 1.82) is 0 Å². The minimum absolute atomic E-state index is 0.00260. The van der Waals surface area contributed by atoms with Crippen LogP contribution in [0.15, 0.2) is 71.6 Å². The van der Waals surface area contributed by atoms with Gasteiger partial charge in [0.1, 0.15) is 12.6 Å². The quantitative estimate of drug-likeness (QED) is 0.285. The van der Waals surface area contributed by atoms with Crippen LogP contribution in [0.4, 0.5) is 5.69 Å². The number of para-hydroxylation sites is 1. The van der Waals surface area contributed by atoms with Gasteiger partial charge in [0.05, 0.1) is 25.7 Å². The highest BCUT2D eigenvalue weighted by molar-refractivity contribution is 7.92. The van der Waals surface area contributed by atoms with Gasteiger partial charge in [-0.3, -0.25) is 13.9 Å². The number of carbonyl (C=O) groups is 2. The predicted octanol–water partition coefficient (Wildman–Crippen LogP) is 6.09. The first-order chi connectivity index (χ1) is 18.4. The molecular formula is C28H30Cl3N3O4S. The Hall–Kier alpha value is -2.78. The van der Waals surface area contributed by atoms with Crippen molar-refractivity contribution in [2.45, 2.75) is 44.7 Å². The van der Waals surface area contributed by atoms with Gasteiger partial charge in [-0.15, -0.1) is 0 Å². The Bertz CT molecular complexity index is 1430. The van der Waals surface area contributed by atoms with Crippen molar-refractivity contribution in [3.05, 3.63) is 92.9 Å². The summed E-state index contributed by atoms with van der Waals surface area (Å²) in [6.07, 6.45) is 0.717. The number of anilines is 1. The molecular weight excluding hydrogens is 581 g/mol. The summed E-state index contributed by atoms with van der Waals surface area (Å²) in [4.78, 5) is 28.1. The van der Waals surface area contributed by atoms with Crippen LogP contribution >= 0.6 is 34.8 Å². The Labute approximate surface area is 244 Å². The Morgan fingerprint density at radius 1 is 0.923 bits per heavy atom. The molecule has 3 aromatic carbocycles. The third kappa shape index (κ3) is 7.66. The average molecular weight is 611 g/mol. The molecule has 39 heavy (non-hydrogen) atoms. The zero-order chi connectivity index (χ0) is 28.7. The van der Waals surface area contributed by atoms with E-state index < -0.39 is 28.5 Å². The van der Waals surface area contributed by atoms with Crippen molar-refractivity contribution in [3.63, 3.8) is 0 Å². The molecule has 0 saturated carbocycles. The summed E-state index contributed by atoms with van der Waals surface area (Å²) < 4.78 is 28.6. The van der Waals surface area contributed by atoms with E-state index in [4.69, 9.17) is 34.8 Å². The predicted molar refractivity (Wildman–Crippen MR) is 157 cm³/mol. The van der Waals surface area contributed by atoms with Crippen LogP contribution in [0.25, 0.3) is 0 Å². The number of hydrogen-bond donors (Lipinski definition) is 1. The Morgan fingerprint density at radius 3 is 2.21 bits per heavy atom. The van der Waals surface area contributed by atoms with Crippen LogP contribution in [0.1, 0.15) is 31.4 Å². The topological polar surface area (TPSA) is 86.8 Å². The van der Waals surface area contributed by atoms with Gasteiger partial charge in [0.15, 0.2) is 0 Å². The zero-order valence-electron chi connectivity index (χ0n) is 21.8. The maximum Gasteiger partial charge on any atom is 0.264 e. The van der Waals surface area contributed by atoms with Crippen LogP contribution in [0.5, 0.6) is 0 Å². The molecule has 0 radical (unpaired) electrons. The van der Waals surface area contributed by atoms with E-state index in [1.54, 1.807) is 55.5 Å². The van der Waals surface area contributed by atoms with E-state index in [0.717, 1.165) is 9.87 Å². The minimum atomic E-state index is -4.21. The molecule has 208 valence electrons. The van der Waals surface area contributed by atoms with Crippen molar-refractivity contribution in [2.75, 3.05) is 17.4 Å². The van der Waals surface area contributed by atoms with Crippen LogP contribution < -0.4 is 9.62 Å². The summed E-state index contributed by atoms with van der Waals surface area (Å²) >= 11 is 18.7. The lowest BCUT2D eigenvalue weighted by Gasteiger charge is -2.32. The van der Waals surface area contributed by atoms with Gasteiger partial charge in [-0.1, -0.05) is 77.6 Å². The van der Waals surface area contributed by atoms with Crippen LogP contribution in [0.2, 0.25) is 15.1 Å². The first kappa shape index (κ1) is 30.8. The maximum absolute atomic E-state index is 13.9. The highest BCUT2D eigenvalue weighted by Crippen LogP contribution is 2.31. The van der Waals surface area contributed by atoms with Crippen LogP contribution in [-0.2, 0) is 26.2 Å². The van der Waals surface area contributed by atoms with E-state index in [1.807, 2.05) is 13.8 Å². The lowest BCUT2D eigenvalue weighted by molar-refractivity contribution is -0.139. The molecule has 11 heteroatoms. The second-order valence-corrected chi connectivity index (χ2v) is 12.1. The van der Waals surface area contributed by atoms with E-state index in [-0.39, 0.29) is 28.1 Å². The van der Waals surface area contributed by atoms with E-state index in [2.05, 4.69) is 5.32 Å². The van der Waals surface area contributed by atoms with Crippen molar-refractivity contribution in [1.82, 2.24) is 10.2 Å². The van der Waals surface area contributed by atoms with Crippen LogP contribution in [0, 0.1) is 6.92 Å². The fourth-order valence-electron chi connectivity index (χ4n) is 3.82. The van der Waals surface area contributed by atoms with E-state index in [9.17, 15) is 18.0 Å². The zero-order valence-corrected chi connectivity index (χ0v) is 24.9. The van der Waals surface area contributed by atoms with Gasteiger partial charge < -0.3 is 10.2 Å². The Kier molecular flexibility index (Phi) is 10.7. The second-order valence-electron chi connectivity index (χ2n) is 9.01. The van der Waals surface area contributed by atoms with Crippen molar-refractivity contribution in [3.8, 4) is 0 Å². The number of amides is 2. The summed E-state index contributed by atoms with van der Waals surface area (Å²) in [6.45, 7) is 5.20. The summed E-state index contributed by atoms with van der Waals surface area (Å²) in [5.41, 5.74) is 1.65. The average Bonchev–Trinajstić information content (AvgIpc) is 2.91. The smallest absolute Gasteiger partial charge is 0.264 e. The molecule has 0 fully saturated rings. The monoisotopic (exact) mass is 609 g/mol. The van der Waals surface area contributed by atoms with Gasteiger partial charge >= 0.3 is 0 Å². The van der Waals surface area contributed by atoms with Crippen molar-refractivity contribution < 1.29 is 18.0 Å². The van der Waals surface area contributed by atoms with Gasteiger partial charge in [0.2, 0.25) is 11.8 Å². The minimum Gasteiger partial charge on any atom is -0.354 e. The molecule has 0 aliphatic carbocycles. The fourth-order valence-corrected chi connectivity index (χ4v) is 5.86. The Balaban J connectivity index is 2.04. The molecule has 3 rings (SSSR count). The molecule has 0 heterocycles. The van der Waals surface area contributed by atoms with Gasteiger partial charge in [-0.2, -0.15) is 0 Å². The maximum atomic E-state index is 13.9. The van der Waals surface area contributed by atoms with Crippen LogP contribution in [-0.4, -0.2) is 44.3 Å². The molecule has 0 spiro atoms. The Morgan fingerprint density at radius 2 is 1.59 bits per heavy atom. The molecule has 2 amide bonds. The van der Waals surface area contributed by atoms with Gasteiger partial charge in [0.25, 0.3) is 10.0 Å². The van der Waals surface area contributed by atoms with Crippen LogP contribution in [0.3, 0.4) is 0 Å². The second kappa shape index (κ2) is 13.5. The fraction of sp³-hybridized carbons (Fsp3) is 0.286. The highest BCUT2D eigenvalue weighted by Gasteiger charge is 2.33. The molecule has 0 aromatic heterocycles. The van der Waals surface area contributed by atoms with Gasteiger partial charge in [0, 0.05) is 13.1 Å². The first-order valence-corrected chi connectivity index (χ1v) is 14.9. The summed E-state index contributed by atoms with van der Waals surface area (Å²) in [7, 11) is -4.21. The standard InChI is InChI=1S/C28H30Cl3N3O4S/c1-4-15-32-28(36)20(3)33(17-21-11-14-23(29)25(31)16-21)27(35)18-34(26-8-6-5-7-24(26)30)39(37,38)22-12-9-19(2)10-13-22/h5-14,16,20H,4,15,17-18H2,1-3H3,(H,32,36). The summed E-state index contributed by atoms with van der Waals surface area (Å²) in [5.74, 6) is -0.966. The summed E-state index contributed by atoms with van der Waals surface area (Å²) in [6, 6.07) is 16.7. The molecule has 0 aliphatic rings. The third-order valence-corrected chi connectivity index (χ3v) is 8.90. The molecule has 1 unspecified atom stereocenters. The molecule has 7 nitrogen and oxygen atoms in total. The number of carbonyl (C=O) groups excluding carboxylic acids is 2. The number of benzene rings is 3. The molecule has 0 saturated heterocycles. The van der Waals surface area contributed by atoms with E-state index in [1.165, 1.54) is 23.1 Å². The van der Waals surface area contributed by atoms with Crippen molar-refractivity contribution >= 4 is 62.3 Å². The number of halogens is 3. The number of nitrogens with zero attached hydrogens (tertiary/aromatic N) is 2. The van der Waals surface area contributed by atoms with Crippen molar-refractivity contribution in [2.24, 2.45) is 0 Å². The summed E-state index contributed by atoms with van der Waals surface area (Å²) in [5, 5.41) is 3.60. The largest absolute Gasteiger partial charge is 0.354 e. The van der Waals surface area contributed by atoms with Gasteiger partial charge in [-0.25, -0.2) is 8.42 Å². The lowest BCUT2D eigenvalue weighted by atomic mass is 10.1. The lowest BCUT2D eigenvalue weighted by Crippen LogP contribution is -2.51. The SMILES string of the molecule is CCCNC(=O)C(C)N(Cc1ccc(Cl)c(Cl)c1)C(=O)CN(c1ccccc1Cl)S(=O)(=O)c1ccc(C)cc1. The molecule has 0 bridgehead atoms. The normalized spacial score (nSPS) is 12.1. The van der Waals surface area contributed by atoms with E-state index >= 15 is 0 Å². The van der Waals surface area contributed by atoms with Gasteiger partial charge in [-0.05, 0) is 62.2 Å².